The van der Waals surface area contributed by atoms with Gasteiger partial charge in [-0.05, 0) is 17.7 Å². The van der Waals surface area contributed by atoms with Crippen LogP contribution in [-0.2, 0) is 0 Å². The highest BCUT2D eigenvalue weighted by atomic mass is 32.2. The van der Waals surface area contributed by atoms with Gasteiger partial charge in [0, 0.05) is 6.20 Å². The van der Waals surface area contributed by atoms with Crippen LogP contribution in [0.25, 0.3) is 12.2 Å². The van der Waals surface area contributed by atoms with E-state index in [1.54, 1.807) is 6.20 Å². The lowest BCUT2D eigenvalue weighted by atomic mass is 10.2. The summed E-state index contributed by atoms with van der Waals surface area (Å²) in [6.45, 7) is 0. The van der Waals surface area contributed by atoms with Crippen molar-refractivity contribution >= 4 is 23.9 Å². The number of hydrogen-bond acceptors (Lipinski definition) is 4. The van der Waals surface area contributed by atoms with Crippen LogP contribution in [0.4, 0.5) is 0 Å². The summed E-state index contributed by atoms with van der Waals surface area (Å²) in [4.78, 5) is 8.44. The summed E-state index contributed by atoms with van der Waals surface area (Å²) in [5, 5.41) is 9.14. The van der Waals surface area contributed by atoms with E-state index in [2.05, 4.69) is 16.0 Å². The van der Waals surface area contributed by atoms with Gasteiger partial charge in [0.1, 0.15) is 0 Å². The lowest BCUT2D eigenvalue weighted by Gasteiger charge is -1.97. The zero-order chi connectivity index (χ0) is 12.6. The van der Waals surface area contributed by atoms with E-state index < -0.39 is 0 Å². The van der Waals surface area contributed by atoms with Crippen LogP contribution < -0.4 is 0 Å². The molecule has 0 saturated heterocycles. The maximum absolute atomic E-state index is 8.51. The van der Waals surface area contributed by atoms with E-state index >= 15 is 0 Å². The summed E-state index contributed by atoms with van der Waals surface area (Å²) in [5.74, 6) is 0.367. The van der Waals surface area contributed by atoms with E-state index in [9.17, 15) is 0 Å². The Hall–Kier alpha value is -2.12. The first-order valence-electron chi connectivity index (χ1n) is 5.44. The average molecular weight is 253 g/mol. The quantitative estimate of drug-likeness (QED) is 0.620. The molecule has 18 heavy (non-hydrogen) atoms. The Morgan fingerprint density at radius 1 is 1.17 bits per heavy atom. The summed E-state index contributed by atoms with van der Waals surface area (Å²) in [6, 6.07) is 13.9. The first-order valence-corrected chi connectivity index (χ1v) is 6.43. The maximum Gasteiger partial charge on any atom is 0.189 e. The van der Waals surface area contributed by atoms with Crippen molar-refractivity contribution in [2.24, 2.45) is 0 Å². The molecule has 3 nitrogen and oxygen atoms in total. The molecule has 0 bridgehead atoms. The fourth-order valence-electron chi connectivity index (χ4n) is 1.36. The molecule has 0 aliphatic heterocycles. The summed E-state index contributed by atoms with van der Waals surface area (Å²) >= 11 is 1.34. The van der Waals surface area contributed by atoms with Gasteiger partial charge in [-0.25, -0.2) is 9.97 Å². The molecule has 1 aromatic heterocycles. The molecule has 0 N–H and O–H groups in total. The van der Waals surface area contributed by atoms with Gasteiger partial charge < -0.3 is 0 Å². The standard InChI is InChI=1S/C14H11N3S/c15-9-11-18-14-16-10-8-13(17-14)7-6-12-4-2-1-3-5-12/h1-8,10H,11H2/b7-6+. The van der Waals surface area contributed by atoms with Crippen LogP contribution in [0.2, 0.25) is 0 Å². The van der Waals surface area contributed by atoms with Gasteiger partial charge in [0.2, 0.25) is 0 Å². The number of nitrogens with zero attached hydrogens (tertiary/aromatic N) is 3. The predicted octanol–water partition coefficient (Wildman–Crippen LogP) is 3.26. The molecule has 2 rings (SSSR count). The van der Waals surface area contributed by atoms with E-state index in [1.807, 2.05) is 48.6 Å². The first-order chi connectivity index (χ1) is 8.88. The van der Waals surface area contributed by atoms with E-state index in [0.29, 0.717) is 10.9 Å². The number of benzene rings is 1. The second-order valence-corrected chi connectivity index (χ2v) is 4.40. The summed E-state index contributed by atoms with van der Waals surface area (Å²) in [6.07, 6.45) is 5.64. The highest BCUT2D eigenvalue weighted by Gasteiger charge is 1.97. The van der Waals surface area contributed by atoms with Crippen molar-refractivity contribution < 1.29 is 0 Å². The van der Waals surface area contributed by atoms with Crippen LogP contribution >= 0.6 is 11.8 Å². The Balaban J connectivity index is 2.10. The minimum Gasteiger partial charge on any atom is -0.231 e. The van der Waals surface area contributed by atoms with Crippen molar-refractivity contribution in [1.29, 1.82) is 5.26 Å². The van der Waals surface area contributed by atoms with Crippen LogP contribution in [0.5, 0.6) is 0 Å². The Labute approximate surface area is 110 Å². The van der Waals surface area contributed by atoms with Crippen molar-refractivity contribution in [3.8, 4) is 6.07 Å². The molecule has 2 aromatic rings. The first kappa shape index (κ1) is 12.3. The number of rotatable bonds is 4. The van der Waals surface area contributed by atoms with Gasteiger partial charge in [0.25, 0.3) is 0 Å². The van der Waals surface area contributed by atoms with Crippen LogP contribution in [0, 0.1) is 11.3 Å². The Bertz CT molecular complexity index is 573. The molecule has 4 heteroatoms. The fourth-order valence-corrected chi connectivity index (χ4v) is 1.86. The number of aromatic nitrogens is 2. The van der Waals surface area contributed by atoms with Crippen molar-refractivity contribution in [3.63, 3.8) is 0 Å². The number of thioether (sulfide) groups is 1. The SMILES string of the molecule is N#CCSc1nccc(/C=C/c2ccccc2)n1. The molecule has 0 saturated carbocycles. The summed E-state index contributed by atoms with van der Waals surface area (Å²) in [5.41, 5.74) is 1.97. The summed E-state index contributed by atoms with van der Waals surface area (Å²) < 4.78 is 0. The lowest BCUT2D eigenvalue weighted by Crippen LogP contribution is -1.88. The molecule has 0 aliphatic carbocycles. The molecule has 1 heterocycles. The number of nitriles is 1. The van der Waals surface area contributed by atoms with Crippen LogP contribution in [0.15, 0.2) is 47.8 Å². The average Bonchev–Trinajstić information content (AvgIpc) is 2.44. The molecule has 0 atom stereocenters. The molecule has 0 fully saturated rings. The van der Waals surface area contributed by atoms with Crippen LogP contribution in [0.1, 0.15) is 11.3 Å². The van der Waals surface area contributed by atoms with Crippen molar-refractivity contribution in [2.45, 2.75) is 5.16 Å². The Morgan fingerprint density at radius 2 is 2.00 bits per heavy atom. The third kappa shape index (κ3) is 3.72. The maximum atomic E-state index is 8.51. The largest absolute Gasteiger partial charge is 0.231 e. The highest BCUT2D eigenvalue weighted by Crippen LogP contribution is 2.13. The van der Waals surface area contributed by atoms with Gasteiger partial charge in [-0.3, -0.25) is 0 Å². The second-order valence-electron chi connectivity index (χ2n) is 3.45. The fraction of sp³-hybridized carbons (Fsp3) is 0.0714. The molecule has 0 aliphatic rings. The molecule has 0 spiro atoms. The van der Waals surface area contributed by atoms with Gasteiger partial charge in [0.05, 0.1) is 17.5 Å². The van der Waals surface area contributed by atoms with Crippen LogP contribution in [0.3, 0.4) is 0 Å². The van der Waals surface area contributed by atoms with Gasteiger partial charge in [-0.2, -0.15) is 5.26 Å². The van der Waals surface area contributed by atoms with E-state index in [1.165, 1.54) is 11.8 Å². The minimum atomic E-state index is 0.367. The normalized spacial score (nSPS) is 10.4. The van der Waals surface area contributed by atoms with Crippen molar-refractivity contribution in [2.75, 3.05) is 5.75 Å². The lowest BCUT2D eigenvalue weighted by molar-refractivity contribution is 0.960. The Kier molecular flexibility index (Phi) is 4.51. The van der Waals surface area contributed by atoms with E-state index in [4.69, 9.17) is 5.26 Å². The summed E-state index contributed by atoms with van der Waals surface area (Å²) in [7, 11) is 0. The van der Waals surface area contributed by atoms with Gasteiger partial charge in [0.15, 0.2) is 5.16 Å². The molecule has 0 amide bonds. The molecule has 0 radical (unpaired) electrons. The molecule has 0 unspecified atom stereocenters. The third-order valence-corrected chi connectivity index (χ3v) is 2.90. The second kappa shape index (κ2) is 6.58. The van der Waals surface area contributed by atoms with E-state index in [0.717, 1.165) is 11.3 Å². The zero-order valence-electron chi connectivity index (χ0n) is 9.65. The van der Waals surface area contributed by atoms with Crippen molar-refractivity contribution in [1.82, 2.24) is 9.97 Å². The van der Waals surface area contributed by atoms with Crippen molar-refractivity contribution in [3.05, 3.63) is 53.9 Å². The molecular weight excluding hydrogens is 242 g/mol. The highest BCUT2D eigenvalue weighted by molar-refractivity contribution is 7.99. The third-order valence-electron chi connectivity index (χ3n) is 2.17. The molecule has 88 valence electrons. The van der Waals surface area contributed by atoms with Gasteiger partial charge in [-0.1, -0.05) is 48.2 Å². The van der Waals surface area contributed by atoms with Crippen LogP contribution in [-0.4, -0.2) is 15.7 Å². The van der Waals surface area contributed by atoms with Gasteiger partial charge in [-0.15, -0.1) is 0 Å². The topological polar surface area (TPSA) is 49.6 Å². The minimum absolute atomic E-state index is 0.367. The Morgan fingerprint density at radius 3 is 2.78 bits per heavy atom. The predicted molar refractivity (Wildman–Crippen MR) is 73.7 cm³/mol. The van der Waals surface area contributed by atoms with Gasteiger partial charge >= 0.3 is 0 Å². The molecular formula is C14H11N3S. The number of hydrogen-bond donors (Lipinski definition) is 0. The van der Waals surface area contributed by atoms with E-state index in [-0.39, 0.29) is 0 Å². The monoisotopic (exact) mass is 253 g/mol. The zero-order valence-corrected chi connectivity index (χ0v) is 10.5. The smallest absolute Gasteiger partial charge is 0.189 e. The molecule has 1 aromatic carbocycles.